The summed E-state index contributed by atoms with van der Waals surface area (Å²) in [5.41, 5.74) is 2.02. The van der Waals surface area contributed by atoms with Crippen LogP contribution in [-0.4, -0.2) is 12.2 Å². The average Bonchev–Trinajstić information content (AvgIpc) is 2.37. The lowest BCUT2D eigenvalue weighted by molar-refractivity contribution is 0.0792. The van der Waals surface area contributed by atoms with E-state index in [-0.39, 0.29) is 0 Å². The number of methoxy groups -OCH3 is 1. The molecule has 0 saturated carbocycles. The summed E-state index contributed by atoms with van der Waals surface area (Å²) in [4.78, 5) is 0. The number of ether oxygens (including phenoxy) is 1. The molecule has 0 heterocycles. The summed E-state index contributed by atoms with van der Waals surface area (Å²) in [7, 11) is 1.66. The monoisotopic (exact) mass is 242 g/mol. The van der Waals surface area contributed by atoms with Gasteiger partial charge >= 0.3 is 0 Å². The first-order chi connectivity index (χ1) is 8.54. The van der Waals surface area contributed by atoms with Crippen molar-refractivity contribution in [1.29, 1.82) is 0 Å². The molecule has 0 saturated heterocycles. The summed E-state index contributed by atoms with van der Waals surface area (Å²) in [6, 6.07) is 15.7. The molecule has 1 N–H and O–H groups in total. The van der Waals surface area contributed by atoms with Crippen molar-refractivity contribution in [3.63, 3.8) is 0 Å². The average molecular weight is 242 g/mol. The molecule has 0 aliphatic rings. The lowest BCUT2D eigenvalue weighted by Crippen LogP contribution is -2.16. The van der Waals surface area contributed by atoms with Crippen LogP contribution in [0.15, 0.2) is 48.5 Å². The summed E-state index contributed by atoms with van der Waals surface area (Å²) < 4.78 is 5.39. The second-order valence-electron chi connectivity index (χ2n) is 4.80. The highest BCUT2D eigenvalue weighted by molar-refractivity contribution is 5.74. The number of benzene rings is 2. The van der Waals surface area contributed by atoms with Gasteiger partial charge in [-0.05, 0) is 31.0 Å². The number of aliphatic hydroxyl groups is 1. The van der Waals surface area contributed by atoms with Crippen LogP contribution in [0, 0.1) is 0 Å². The molecule has 0 bridgehead atoms. The summed E-state index contributed by atoms with van der Waals surface area (Å²) >= 11 is 0. The van der Waals surface area contributed by atoms with Crippen LogP contribution < -0.4 is 4.74 Å². The van der Waals surface area contributed by atoms with E-state index in [1.165, 1.54) is 0 Å². The number of hydrogen-bond acceptors (Lipinski definition) is 2. The minimum Gasteiger partial charge on any atom is -0.496 e. The third kappa shape index (κ3) is 2.39. The van der Waals surface area contributed by atoms with Gasteiger partial charge in [-0.2, -0.15) is 0 Å². The molecule has 94 valence electrons. The van der Waals surface area contributed by atoms with Crippen LogP contribution in [0.1, 0.15) is 19.4 Å². The lowest BCUT2D eigenvalue weighted by Gasteiger charge is -2.22. The Morgan fingerprint density at radius 1 is 0.889 bits per heavy atom. The van der Waals surface area contributed by atoms with Crippen molar-refractivity contribution < 1.29 is 9.84 Å². The number of hydrogen-bond donors (Lipinski definition) is 1. The smallest absolute Gasteiger partial charge is 0.126 e. The molecule has 2 aromatic carbocycles. The Morgan fingerprint density at radius 2 is 1.44 bits per heavy atom. The Kier molecular flexibility index (Phi) is 3.39. The van der Waals surface area contributed by atoms with Gasteiger partial charge in [0.2, 0.25) is 0 Å². The first kappa shape index (κ1) is 12.7. The molecule has 0 fully saturated rings. The summed E-state index contributed by atoms with van der Waals surface area (Å²) in [6.07, 6.45) is 0. The second-order valence-corrected chi connectivity index (χ2v) is 4.80. The summed E-state index contributed by atoms with van der Waals surface area (Å²) in [5.74, 6) is 0.814. The third-order valence-corrected chi connectivity index (χ3v) is 2.98. The van der Waals surface area contributed by atoms with Gasteiger partial charge in [-0.15, -0.1) is 0 Å². The molecule has 18 heavy (non-hydrogen) atoms. The van der Waals surface area contributed by atoms with E-state index in [1.54, 1.807) is 21.0 Å². The molecule has 0 radical (unpaired) electrons. The highest BCUT2D eigenvalue weighted by Crippen LogP contribution is 2.36. The van der Waals surface area contributed by atoms with Crippen molar-refractivity contribution >= 4 is 0 Å². The molecule has 2 aromatic rings. The largest absolute Gasteiger partial charge is 0.496 e. The predicted octanol–water partition coefficient (Wildman–Crippen LogP) is 3.59. The summed E-state index contributed by atoms with van der Waals surface area (Å²) in [5, 5.41) is 10.3. The van der Waals surface area contributed by atoms with Crippen molar-refractivity contribution in [3.05, 3.63) is 54.1 Å². The maximum atomic E-state index is 10.3. The van der Waals surface area contributed by atoms with Crippen LogP contribution >= 0.6 is 0 Å². The van der Waals surface area contributed by atoms with Crippen molar-refractivity contribution in [2.75, 3.05) is 7.11 Å². The highest BCUT2D eigenvalue weighted by atomic mass is 16.5. The Morgan fingerprint density at radius 3 is 2.06 bits per heavy atom. The van der Waals surface area contributed by atoms with E-state index in [2.05, 4.69) is 0 Å². The molecule has 2 rings (SSSR count). The first-order valence-electron chi connectivity index (χ1n) is 5.99. The van der Waals surface area contributed by atoms with E-state index < -0.39 is 5.60 Å². The van der Waals surface area contributed by atoms with E-state index in [0.717, 1.165) is 22.4 Å². The fraction of sp³-hybridized carbons (Fsp3) is 0.250. The zero-order chi connectivity index (χ0) is 13.2. The topological polar surface area (TPSA) is 29.5 Å². The quantitative estimate of drug-likeness (QED) is 0.891. The predicted molar refractivity (Wildman–Crippen MR) is 73.7 cm³/mol. The van der Waals surface area contributed by atoms with Gasteiger partial charge in [-0.25, -0.2) is 0 Å². The van der Waals surface area contributed by atoms with Gasteiger partial charge in [-0.1, -0.05) is 42.5 Å². The Bertz CT molecular complexity index is 539. The second kappa shape index (κ2) is 4.83. The van der Waals surface area contributed by atoms with Gasteiger partial charge in [0.15, 0.2) is 0 Å². The molecular weight excluding hydrogens is 224 g/mol. The fourth-order valence-electron chi connectivity index (χ4n) is 2.12. The van der Waals surface area contributed by atoms with Crippen molar-refractivity contribution in [2.24, 2.45) is 0 Å². The molecular formula is C16H18O2. The zero-order valence-corrected chi connectivity index (χ0v) is 11.0. The van der Waals surface area contributed by atoms with Gasteiger partial charge in [0.1, 0.15) is 5.75 Å². The van der Waals surface area contributed by atoms with Gasteiger partial charge in [0.05, 0.1) is 12.7 Å². The van der Waals surface area contributed by atoms with Crippen LogP contribution in [-0.2, 0) is 5.60 Å². The molecule has 2 nitrogen and oxygen atoms in total. The van der Waals surface area contributed by atoms with Gasteiger partial charge in [0, 0.05) is 5.56 Å². The molecule has 0 aliphatic carbocycles. The Labute approximate surface area is 108 Å². The van der Waals surface area contributed by atoms with Gasteiger partial charge in [0.25, 0.3) is 0 Å². The fourth-order valence-corrected chi connectivity index (χ4v) is 2.12. The van der Waals surface area contributed by atoms with E-state index in [1.807, 2.05) is 48.5 Å². The standard InChI is InChI=1S/C16H18O2/c1-16(2,17)14-10-6-4-8-12(14)13-9-5-7-11-15(13)18-3/h4-11,17H,1-3H3. The SMILES string of the molecule is COc1ccccc1-c1ccccc1C(C)(C)O. The van der Waals surface area contributed by atoms with Crippen LogP contribution in [0.5, 0.6) is 5.75 Å². The number of rotatable bonds is 3. The van der Waals surface area contributed by atoms with Crippen LogP contribution in [0.2, 0.25) is 0 Å². The highest BCUT2D eigenvalue weighted by Gasteiger charge is 2.21. The van der Waals surface area contributed by atoms with Crippen LogP contribution in [0.25, 0.3) is 11.1 Å². The van der Waals surface area contributed by atoms with Crippen molar-refractivity contribution in [2.45, 2.75) is 19.4 Å². The normalized spacial score (nSPS) is 11.3. The molecule has 2 heteroatoms. The minimum absolute atomic E-state index is 0.814. The Hall–Kier alpha value is -1.80. The van der Waals surface area contributed by atoms with E-state index in [0.29, 0.717) is 0 Å². The molecule has 0 spiro atoms. The maximum Gasteiger partial charge on any atom is 0.126 e. The van der Waals surface area contributed by atoms with E-state index >= 15 is 0 Å². The van der Waals surface area contributed by atoms with Crippen molar-refractivity contribution in [3.8, 4) is 16.9 Å². The Balaban J connectivity index is 2.65. The van der Waals surface area contributed by atoms with Crippen molar-refractivity contribution in [1.82, 2.24) is 0 Å². The summed E-state index contributed by atoms with van der Waals surface area (Å²) in [6.45, 7) is 3.59. The molecule has 0 amide bonds. The molecule has 0 atom stereocenters. The third-order valence-electron chi connectivity index (χ3n) is 2.98. The lowest BCUT2D eigenvalue weighted by atomic mass is 9.89. The molecule has 0 aliphatic heterocycles. The zero-order valence-electron chi connectivity index (χ0n) is 11.0. The van der Waals surface area contributed by atoms with E-state index in [9.17, 15) is 5.11 Å². The van der Waals surface area contributed by atoms with Crippen LogP contribution in [0.3, 0.4) is 0 Å². The number of para-hydroxylation sites is 1. The maximum absolute atomic E-state index is 10.3. The van der Waals surface area contributed by atoms with E-state index in [4.69, 9.17) is 4.74 Å². The first-order valence-corrected chi connectivity index (χ1v) is 5.99. The minimum atomic E-state index is -0.878. The van der Waals surface area contributed by atoms with Gasteiger partial charge < -0.3 is 9.84 Å². The molecule has 0 aromatic heterocycles. The van der Waals surface area contributed by atoms with Gasteiger partial charge in [-0.3, -0.25) is 0 Å². The molecule has 0 unspecified atom stereocenters. The van der Waals surface area contributed by atoms with Crippen LogP contribution in [0.4, 0.5) is 0 Å².